The number of allylic oxidation sites excluding steroid dienone is 1. The number of rotatable bonds is 5. The van der Waals surface area contributed by atoms with Crippen LogP contribution >= 0.6 is 0 Å². The van der Waals surface area contributed by atoms with Crippen molar-refractivity contribution in [1.29, 1.82) is 5.26 Å². The molecule has 1 amide bonds. The minimum atomic E-state index is -0.450. The van der Waals surface area contributed by atoms with Crippen LogP contribution in [0.3, 0.4) is 0 Å². The van der Waals surface area contributed by atoms with Gasteiger partial charge in [-0.1, -0.05) is 54.6 Å². The quantitative estimate of drug-likeness (QED) is 0.421. The molecule has 0 fully saturated rings. The third-order valence-electron chi connectivity index (χ3n) is 6.11. The molecule has 35 heavy (non-hydrogen) atoms. The van der Waals surface area contributed by atoms with Crippen molar-refractivity contribution in [3.8, 4) is 23.3 Å². The number of nitrogens with one attached hydrogen (secondary N) is 1. The first kappa shape index (κ1) is 22.1. The van der Waals surface area contributed by atoms with Crippen LogP contribution in [-0.2, 0) is 0 Å². The lowest BCUT2D eigenvalue weighted by Gasteiger charge is -2.29. The average Bonchev–Trinajstić information content (AvgIpc) is 2.92. The Morgan fingerprint density at radius 2 is 1.66 bits per heavy atom. The van der Waals surface area contributed by atoms with E-state index in [0.29, 0.717) is 28.4 Å². The van der Waals surface area contributed by atoms with Gasteiger partial charge in [0.1, 0.15) is 28.9 Å². The summed E-state index contributed by atoms with van der Waals surface area (Å²) >= 11 is 0. The molecular weight excluding hydrogens is 440 g/mol. The summed E-state index contributed by atoms with van der Waals surface area (Å²) < 4.78 is 16.8. The molecule has 1 N–H and O–H groups in total. The maximum Gasteiger partial charge on any atom is 0.261 e. The average molecular weight is 463 g/mol. The number of carbonyl (C=O) groups is 1. The largest absolute Gasteiger partial charge is 0.497 e. The van der Waals surface area contributed by atoms with Crippen molar-refractivity contribution in [2.24, 2.45) is 0 Å². The van der Waals surface area contributed by atoms with Gasteiger partial charge in [0.15, 0.2) is 0 Å². The first-order chi connectivity index (χ1) is 17.1. The highest BCUT2D eigenvalue weighted by atomic mass is 16.5. The number of hydrogen-bond acceptors (Lipinski definition) is 5. The molecule has 4 aromatic carbocycles. The molecule has 0 bridgehead atoms. The lowest BCUT2D eigenvalue weighted by Crippen LogP contribution is -2.31. The second kappa shape index (κ2) is 9.24. The topological polar surface area (TPSA) is 80.6 Å². The van der Waals surface area contributed by atoms with E-state index in [4.69, 9.17) is 14.2 Å². The van der Waals surface area contributed by atoms with Gasteiger partial charge in [0.2, 0.25) is 5.88 Å². The van der Waals surface area contributed by atoms with E-state index in [0.717, 1.165) is 21.9 Å². The van der Waals surface area contributed by atoms with Gasteiger partial charge in [0.25, 0.3) is 5.91 Å². The number of carbonyl (C=O) groups excluding carboxylic acids is 1. The fraction of sp³-hybridized carbons (Fsp3) is 0.103. The summed E-state index contributed by atoms with van der Waals surface area (Å²) in [7, 11) is 3.11. The minimum Gasteiger partial charge on any atom is -0.497 e. The Morgan fingerprint density at radius 3 is 2.40 bits per heavy atom. The first-order valence-electron chi connectivity index (χ1n) is 11.1. The second-order valence-electron chi connectivity index (χ2n) is 8.02. The summed E-state index contributed by atoms with van der Waals surface area (Å²) in [6, 6.07) is 28.6. The summed E-state index contributed by atoms with van der Waals surface area (Å²) in [5.74, 6) is 0.951. The van der Waals surface area contributed by atoms with Crippen molar-refractivity contribution in [1.82, 2.24) is 5.32 Å². The van der Waals surface area contributed by atoms with Crippen LogP contribution in [0, 0.1) is 11.3 Å². The maximum absolute atomic E-state index is 13.2. The molecule has 1 aliphatic rings. The smallest absolute Gasteiger partial charge is 0.261 e. The van der Waals surface area contributed by atoms with Crippen LogP contribution in [-0.4, -0.2) is 20.1 Å². The lowest BCUT2D eigenvalue weighted by atomic mass is 9.81. The van der Waals surface area contributed by atoms with Gasteiger partial charge in [0.05, 0.1) is 25.7 Å². The number of benzene rings is 4. The van der Waals surface area contributed by atoms with Gasteiger partial charge in [-0.2, -0.15) is 5.26 Å². The summed E-state index contributed by atoms with van der Waals surface area (Å²) in [6.07, 6.45) is 0. The molecule has 0 aromatic heterocycles. The number of amides is 1. The Kier molecular flexibility index (Phi) is 5.82. The number of fused-ring (bicyclic) bond motifs is 3. The van der Waals surface area contributed by atoms with E-state index in [-0.39, 0.29) is 5.88 Å². The molecule has 0 saturated carbocycles. The predicted molar refractivity (Wildman–Crippen MR) is 133 cm³/mol. The van der Waals surface area contributed by atoms with Crippen LogP contribution in [0.25, 0.3) is 10.8 Å². The molecule has 1 aliphatic heterocycles. The normalized spacial score (nSPS) is 14.5. The lowest BCUT2D eigenvalue weighted by molar-refractivity contribution is 0.0944. The monoisotopic (exact) mass is 462 g/mol. The highest BCUT2D eigenvalue weighted by molar-refractivity contribution is 5.98. The van der Waals surface area contributed by atoms with Crippen molar-refractivity contribution in [3.63, 3.8) is 0 Å². The third kappa shape index (κ3) is 3.94. The van der Waals surface area contributed by atoms with Gasteiger partial charge >= 0.3 is 0 Å². The Morgan fingerprint density at radius 1 is 0.914 bits per heavy atom. The van der Waals surface area contributed by atoms with Crippen molar-refractivity contribution in [2.75, 3.05) is 14.2 Å². The molecule has 1 heterocycles. The van der Waals surface area contributed by atoms with E-state index in [1.165, 1.54) is 7.11 Å². The van der Waals surface area contributed by atoms with E-state index in [2.05, 4.69) is 11.4 Å². The molecule has 0 unspecified atom stereocenters. The fourth-order valence-corrected chi connectivity index (χ4v) is 4.44. The summed E-state index contributed by atoms with van der Waals surface area (Å²) in [5.41, 5.74) is 2.41. The van der Waals surface area contributed by atoms with Crippen LogP contribution < -0.4 is 19.5 Å². The highest BCUT2D eigenvalue weighted by Gasteiger charge is 2.34. The third-order valence-corrected chi connectivity index (χ3v) is 6.11. The minimum absolute atomic E-state index is 0.104. The van der Waals surface area contributed by atoms with E-state index in [1.807, 2.05) is 60.7 Å². The molecule has 6 heteroatoms. The van der Waals surface area contributed by atoms with Crippen LogP contribution in [0.15, 0.2) is 96.4 Å². The van der Waals surface area contributed by atoms with Gasteiger partial charge in [-0.05, 0) is 46.7 Å². The molecule has 5 rings (SSSR count). The van der Waals surface area contributed by atoms with Crippen molar-refractivity contribution in [3.05, 3.63) is 113 Å². The highest BCUT2D eigenvalue weighted by Crippen LogP contribution is 2.46. The number of hydrogen-bond donors (Lipinski definition) is 1. The summed E-state index contributed by atoms with van der Waals surface area (Å²) in [4.78, 5) is 13.2. The molecule has 0 radical (unpaired) electrons. The number of nitrogens with zero attached hydrogens (tertiary/aromatic N) is 1. The first-order valence-corrected chi connectivity index (χ1v) is 11.1. The Balaban J connectivity index is 1.67. The van der Waals surface area contributed by atoms with Crippen LogP contribution in [0.4, 0.5) is 0 Å². The standard InChI is InChI=1S/C29H22N2O4/c1-33-20-14-11-19(12-15-20)26-23(17-30)29(31-28(32)22-9-5-6-10-24(22)34-2)35-25-16-13-18-7-3-4-8-21(18)27(25)26/h3-16,26H,1-2H3,(H,31,32)/t26-/m1/s1. The zero-order valence-electron chi connectivity index (χ0n) is 19.2. The van der Waals surface area contributed by atoms with Crippen LogP contribution in [0.5, 0.6) is 17.2 Å². The molecule has 172 valence electrons. The Bertz CT molecular complexity index is 1500. The van der Waals surface area contributed by atoms with Gasteiger partial charge in [-0.15, -0.1) is 0 Å². The molecule has 6 nitrogen and oxygen atoms in total. The van der Waals surface area contributed by atoms with Crippen LogP contribution in [0.2, 0.25) is 0 Å². The van der Waals surface area contributed by atoms with Gasteiger partial charge < -0.3 is 14.2 Å². The SMILES string of the molecule is COc1ccc([C@@H]2C(C#N)=C(NC(=O)c3ccccc3OC)Oc3ccc4ccccc4c32)cc1. The van der Waals surface area contributed by atoms with Gasteiger partial charge in [-0.25, -0.2) is 0 Å². The summed E-state index contributed by atoms with van der Waals surface area (Å²) in [5, 5.41) is 15.1. The number of para-hydroxylation sites is 1. The Hall–Kier alpha value is -4.76. The van der Waals surface area contributed by atoms with E-state index >= 15 is 0 Å². The fourth-order valence-electron chi connectivity index (χ4n) is 4.44. The van der Waals surface area contributed by atoms with Crippen LogP contribution in [0.1, 0.15) is 27.4 Å². The maximum atomic E-state index is 13.2. The van der Waals surface area contributed by atoms with Gasteiger partial charge in [0, 0.05) is 5.56 Å². The van der Waals surface area contributed by atoms with Crippen molar-refractivity contribution >= 4 is 16.7 Å². The molecule has 1 atom stereocenters. The van der Waals surface area contributed by atoms with E-state index < -0.39 is 11.8 Å². The molecule has 0 saturated heterocycles. The molecule has 0 spiro atoms. The predicted octanol–water partition coefficient (Wildman–Crippen LogP) is 5.55. The summed E-state index contributed by atoms with van der Waals surface area (Å²) in [6.45, 7) is 0. The number of methoxy groups -OCH3 is 2. The van der Waals surface area contributed by atoms with Gasteiger partial charge in [-0.3, -0.25) is 10.1 Å². The Labute approximate surface area is 203 Å². The van der Waals surface area contributed by atoms with Crippen molar-refractivity contribution < 1.29 is 19.0 Å². The van der Waals surface area contributed by atoms with Crippen molar-refractivity contribution in [2.45, 2.75) is 5.92 Å². The number of nitriles is 1. The molecule has 4 aromatic rings. The van der Waals surface area contributed by atoms with E-state index in [1.54, 1.807) is 31.4 Å². The second-order valence-corrected chi connectivity index (χ2v) is 8.02. The number of ether oxygens (including phenoxy) is 3. The zero-order chi connectivity index (χ0) is 24.4. The van der Waals surface area contributed by atoms with E-state index in [9.17, 15) is 10.1 Å². The zero-order valence-corrected chi connectivity index (χ0v) is 19.2. The molecule has 0 aliphatic carbocycles. The molecular formula is C29H22N2O4.